The Bertz CT molecular complexity index is 883. The highest BCUT2D eigenvalue weighted by molar-refractivity contribution is 6.30. The van der Waals surface area contributed by atoms with Crippen LogP contribution in [-0.4, -0.2) is 48.6 Å². The quantitative estimate of drug-likeness (QED) is 0.578. The van der Waals surface area contributed by atoms with E-state index in [1.54, 1.807) is 12.1 Å². The maximum atomic E-state index is 13.6. The van der Waals surface area contributed by atoms with Gasteiger partial charge in [0.15, 0.2) is 0 Å². The van der Waals surface area contributed by atoms with Crippen LogP contribution in [0.25, 0.3) is 0 Å². The number of hydrogen-bond donors (Lipinski definition) is 1. The molecule has 1 saturated heterocycles. The van der Waals surface area contributed by atoms with E-state index in [4.69, 9.17) is 16.3 Å². The number of piperidine rings is 1. The normalized spacial score (nSPS) is 15.1. The maximum Gasteiger partial charge on any atom is 0.318 e. The number of rotatable bonds is 8. The Labute approximate surface area is 195 Å². The summed E-state index contributed by atoms with van der Waals surface area (Å²) in [6.07, 6.45) is 1.81. The average Bonchev–Trinajstić information content (AvgIpc) is 2.78. The molecule has 0 atom stereocenters. The SMILES string of the molecule is CC(C)COc1ccc(CNC(=O)N(Cc2ccc(F)c(Cl)c2)C2CCN(C)CC2)cc1. The number of halogens is 2. The zero-order valence-corrected chi connectivity index (χ0v) is 19.9. The zero-order chi connectivity index (χ0) is 23.1. The Hall–Kier alpha value is -2.31. The van der Waals surface area contributed by atoms with Gasteiger partial charge in [-0.2, -0.15) is 0 Å². The molecule has 2 aromatic carbocycles. The van der Waals surface area contributed by atoms with E-state index in [2.05, 4.69) is 31.1 Å². The predicted octanol–water partition coefficient (Wildman–Crippen LogP) is 5.32. The van der Waals surface area contributed by atoms with Crippen LogP contribution in [0.1, 0.15) is 37.8 Å². The first-order valence-electron chi connectivity index (χ1n) is 11.2. The summed E-state index contributed by atoms with van der Waals surface area (Å²) in [5, 5.41) is 3.12. The van der Waals surface area contributed by atoms with Gasteiger partial charge in [-0.25, -0.2) is 9.18 Å². The molecule has 0 bridgehead atoms. The van der Waals surface area contributed by atoms with Gasteiger partial charge in [-0.3, -0.25) is 0 Å². The Morgan fingerprint density at radius 2 is 1.84 bits per heavy atom. The van der Waals surface area contributed by atoms with Gasteiger partial charge >= 0.3 is 6.03 Å². The molecule has 2 aromatic rings. The van der Waals surface area contributed by atoms with Crippen LogP contribution in [0.15, 0.2) is 42.5 Å². The second kappa shape index (κ2) is 11.5. The number of hydrogen-bond acceptors (Lipinski definition) is 3. The highest BCUT2D eigenvalue weighted by Crippen LogP contribution is 2.22. The second-order valence-electron chi connectivity index (χ2n) is 8.92. The van der Waals surface area contributed by atoms with Crippen molar-refractivity contribution < 1.29 is 13.9 Å². The van der Waals surface area contributed by atoms with E-state index in [1.807, 2.05) is 29.2 Å². The van der Waals surface area contributed by atoms with Crippen molar-refractivity contribution in [3.63, 3.8) is 0 Å². The molecule has 5 nitrogen and oxygen atoms in total. The fourth-order valence-electron chi connectivity index (χ4n) is 3.75. The smallest absolute Gasteiger partial charge is 0.318 e. The minimum atomic E-state index is -0.452. The van der Waals surface area contributed by atoms with Crippen molar-refractivity contribution in [3.05, 3.63) is 64.4 Å². The summed E-state index contributed by atoms with van der Waals surface area (Å²) >= 11 is 5.96. The van der Waals surface area contributed by atoms with Gasteiger partial charge in [-0.1, -0.05) is 43.6 Å². The Balaban J connectivity index is 1.64. The zero-order valence-electron chi connectivity index (χ0n) is 19.1. The van der Waals surface area contributed by atoms with Crippen LogP contribution >= 0.6 is 11.6 Å². The van der Waals surface area contributed by atoms with E-state index in [0.717, 1.165) is 42.8 Å². The maximum absolute atomic E-state index is 13.6. The number of ether oxygens (including phenoxy) is 1. The van der Waals surface area contributed by atoms with Crippen molar-refractivity contribution in [1.29, 1.82) is 0 Å². The van der Waals surface area contributed by atoms with Gasteiger partial charge in [0.1, 0.15) is 11.6 Å². The van der Waals surface area contributed by atoms with Gasteiger partial charge in [0.25, 0.3) is 0 Å². The lowest BCUT2D eigenvalue weighted by Crippen LogP contribution is -2.49. The summed E-state index contributed by atoms with van der Waals surface area (Å²) in [6.45, 7) is 7.60. The highest BCUT2D eigenvalue weighted by atomic mass is 35.5. The molecule has 2 amide bonds. The summed E-state index contributed by atoms with van der Waals surface area (Å²) in [5.74, 6) is 0.844. The molecule has 0 aromatic heterocycles. The van der Waals surface area contributed by atoms with Crippen LogP contribution in [0, 0.1) is 11.7 Å². The topological polar surface area (TPSA) is 44.8 Å². The third-order valence-corrected chi connectivity index (χ3v) is 5.97. The lowest BCUT2D eigenvalue weighted by atomic mass is 10.0. The average molecular weight is 462 g/mol. The molecule has 1 fully saturated rings. The van der Waals surface area contributed by atoms with Crippen LogP contribution < -0.4 is 10.1 Å². The van der Waals surface area contributed by atoms with E-state index in [-0.39, 0.29) is 17.1 Å². The van der Waals surface area contributed by atoms with Crippen LogP contribution in [0.4, 0.5) is 9.18 Å². The standard InChI is InChI=1S/C25H33ClFN3O2/c1-18(2)17-32-22-7-4-19(5-8-22)15-28-25(31)30(21-10-12-29(3)13-11-21)16-20-6-9-24(27)23(26)14-20/h4-9,14,18,21H,10-13,15-17H2,1-3H3,(H,28,31). The third-order valence-electron chi connectivity index (χ3n) is 5.68. The number of carbonyl (C=O) groups is 1. The fraction of sp³-hybridized carbons (Fsp3) is 0.480. The first kappa shape index (κ1) is 24.3. The number of urea groups is 1. The van der Waals surface area contributed by atoms with Crippen molar-refractivity contribution in [2.24, 2.45) is 5.92 Å². The lowest BCUT2D eigenvalue weighted by Gasteiger charge is -2.37. The molecule has 1 aliphatic heterocycles. The monoisotopic (exact) mass is 461 g/mol. The summed E-state index contributed by atoms with van der Waals surface area (Å²) in [5.41, 5.74) is 1.82. The second-order valence-corrected chi connectivity index (χ2v) is 9.33. The predicted molar refractivity (Wildman–Crippen MR) is 126 cm³/mol. The number of carbonyl (C=O) groups excluding carboxylic acids is 1. The first-order valence-corrected chi connectivity index (χ1v) is 11.6. The number of benzene rings is 2. The fourth-order valence-corrected chi connectivity index (χ4v) is 3.96. The molecular formula is C25H33ClFN3O2. The molecule has 1 aliphatic rings. The Morgan fingerprint density at radius 3 is 2.47 bits per heavy atom. The number of amides is 2. The van der Waals surface area contributed by atoms with Gasteiger partial charge in [-0.05, 0) is 74.3 Å². The number of likely N-dealkylation sites (tertiary alicyclic amines) is 1. The Kier molecular flexibility index (Phi) is 8.76. The number of nitrogens with zero attached hydrogens (tertiary/aromatic N) is 2. The number of nitrogens with one attached hydrogen (secondary N) is 1. The minimum absolute atomic E-state index is 0.0750. The highest BCUT2D eigenvalue weighted by Gasteiger charge is 2.27. The van der Waals surface area contributed by atoms with Crippen molar-refractivity contribution in [1.82, 2.24) is 15.1 Å². The summed E-state index contributed by atoms with van der Waals surface area (Å²) in [7, 11) is 2.09. The van der Waals surface area contributed by atoms with Crippen LogP contribution in [0.3, 0.4) is 0 Å². The molecule has 0 saturated carbocycles. The van der Waals surface area contributed by atoms with Gasteiger partial charge in [-0.15, -0.1) is 0 Å². The van der Waals surface area contributed by atoms with Crippen molar-refractivity contribution in [2.75, 3.05) is 26.7 Å². The molecule has 3 rings (SSSR count). The summed E-state index contributed by atoms with van der Waals surface area (Å²) in [6, 6.07) is 12.4. The molecule has 174 valence electrons. The molecule has 1 N–H and O–H groups in total. The van der Waals surface area contributed by atoms with Gasteiger partial charge < -0.3 is 19.9 Å². The molecular weight excluding hydrogens is 429 g/mol. The molecule has 1 heterocycles. The van der Waals surface area contributed by atoms with Crippen LogP contribution in [-0.2, 0) is 13.1 Å². The van der Waals surface area contributed by atoms with Crippen molar-refractivity contribution in [3.8, 4) is 5.75 Å². The first-order chi connectivity index (χ1) is 15.3. The van der Waals surface area contributed by atoms with E-state index in [0.29, 0.717) is 25.6 Å². The van der Waals surface area contributed by atoms with E-state index < -0.39 is 5.82 Å². The third kappa shape index (κ3) is 7.10. The molecule has 0 aliphatic carbocycles. The molecule has 0 unspecified atom stereocenters. The minimum Gasteiger partial charge on any atom is -0.493 e. The molecule has 32 heavy (non-hydrogen) atoms. The van der Waals surface area contributed by atoms with Gasteiger partial charge in [0, 0.05) is 19.1 Å². The molecule has 0 spiro atoms. The Morgan fingerprint density at radius 1 is 1.19 bits per heavy atom. The largest absolute Gasteiger partial charge is 0.493 e. The van der Waals surface area contributed by atoms with E-state index in [1.165, 1.54) is 6.07 Å². The molecule has 7 heteroatoms. The van der Waals surface area contributed by atoms with Crippen LogP contribution in [0.5, 0.6) is 5.75 Å². The van der Waals surface area contributed by atoms with Crippen molar-refractivity contribution in [2.45, 2.75) is 45.8 Å². The summed E-state index contributed by atoms with van der Waals surface area (Å²) in [4.78, 5) is 17.3. The van der Waals surface area contributed by atoms with E-state index >= 15 is 0 Å². The molecule has 0 radical (unpaired) electrons. The van der Waals surface area contributed by atoms with Gasteiger partial charge in [0.05, 0.1) is 11.6 Å². The van der Waals surface area contributed by atoms with E-state index in [9.17, 15) is 9.18 Å². The summed E-state index contributed by atoms with van der Waals surface area (Å²) < 4.78 is 19.3. The van der Waals surface area contributed by atoms with Gasteiger partial charge in [0.2, 0.25) is 0 Å². The van der Waals surface area contributed by atoms with Crippen molar-refractivity contribution >= 4 is 17.6 Å². The van der Waals surface area contributed by atoms with Crippen LogP contribution in [0.2, 0.25) is 5.02 Å². The lowest BCUT2D eigenvalue weighted by molar-refractivity contribution is 0.127.